The molecule has 2 fully saturated rings. The molecule has 0 bridgehead atoms. The molecule has 21 heavy (non-hydrogen) atoms. The second-order valence-corrected chi connectivity index (χ2v) is 8.02. The van der Waals surface area contributed by atoms with Gasteiger partial charge in [0.25, 0.3) is 0 Å². The van der Waals surface area contributed by atoms with Crippen LogP contribution in [0, 0.1) is 17.8 Å². The first-order valence-corrected chi connectivity index (χ1v) is 7.95. The van der Waals surface area contributed by atoms with Gasteiger partial charge in [-0.25, -0.2) is 0 Å². The van der Waals surface area contributed by atoms with Crippen LogP contribution in [0.2, 0.25) is 0 Å². The van der Waals surface area contributed by atoms with Gasteiger partial charge in [0.15, 0.2) is 0 Å². The minimum atomic E-state index is -4.08. The summed E-state index contributed by atoms with van der Waals surface area (Å²) < 4.78 is 44.9. The van der Waals surface area contributed by atoms with E-state index < -0.39 is 12.1 Å². The number of rotatable bonds is 2. The summed E-state index contributed by atoms with van der Waals surface area (Å²) in [5.74, 6) is -1.11. The van der Waals surface area contributed by atoms with Crippen LogP contribution >= 0.6 is 0 Å². The topological polar surface area (TPSA) is 35.2 Å². The fourth-order valence-corrected chi connectivity index (χ4v) is 4.41. The lowest BCUT2D eigenvalue weighted by Crippen LogP contribution is -2.47. The predicted octanol–water partition coefficient (Wildman–Crippen LogP) is 4.28. The maximum atomic E-state index is 13.0. The maximum Gasteiger partial charge on any atom is 0.391 e. The monoisotopic (exact) mass is 307 g/mol. The van der Waals surface area contributed by atoms with Gasteiger partial charge in [-0.3, -0.25) is 0 Å². The van der Waals surface area contributed by atoms with E-state index in [4.69, 9.17) is 10.5 Å². The van der Waals surface area contributed by atoms with E-state index in [0.29, 0.717) is 6.42 Å². The van der Waals surface area contributed by atoms with E-state index in [1.54, 1.807) is 0 Å². The van der Waals surface area contributed by atoms with E-state index in [1.165, 1.54) is 0 Å². The van der Waals surface area contributed by atoms with E-state index in [0.717, 1.165) is 12.8 Å². The van der Waals surface area contributed by atoms with Gasteiger partial charge in [-0.1, -0.05) is 6.42 Å². The highest BCUT2D eigenvalue weighted by Gasteiger charge is 2.51. The summed E-state index contributed by atoms with van der Waals surface area (Å²) in [6.07, 6.45) is -1.41. The lowest BCUT2D eigenvalue weighted by atomic mass is 9.70. The molecule has 0 aromatic rings. The molecule has 0 spiro atoms. The first-order valence-electron chi connectivity index (χ1n) is 7.95. The molecule has 0 radical (unpaired) electrons. The zero-order chi connectivity index (χ0) is 16.1. The molecule has 4 atom stereocenters. The van der Waals surface area contributed by atoms with Crippen LogP contribution in [0.5, 0.6) is 0 Å². The summed E-state index contributed by atoms with van der Waals surface area (Å²) in [5.41, 5.74) is 5.80. The van der Waals surface area contributed by atoms with Crippen molar-refractivity contribution in [3.63, 3.8) is 0 Å². The molecule has 5 heteroatoms. The normalized spacial score (nSPS) is 37.4. The molecular formula is C16H28F3NO. The Morgan fingerprint density at radius 2 is 1.76 bits per heavy atom. The first kappa shape index (κ1) is 17.1. The second-order valence-electron chi connectivity index (χ2n) is 8.02. The van der Waals surface area contributed by atoms with Crippen molar-refractivity contribution in [1.29, 1.82) is 0 Å². The van der Waals surface area contributed by atoms with Crippen LogP contribution in [-0.4, -0.2) is 23.4 Å². The zero-order valence-electron chi connectivity index (χ0n) is 13.5. The molecular weight excluding hydrogens is 279 g/mol. The Hall–Kier alpha value is -0.290. The van der Waals surface area contributed by atoms with Gasteiger partial charge >= 0.3 is 6.18 Å². The largest absolute Gasteiger partial charge is 0.391 e. The standard InChI is InChI=1S/C16H28F3NO/c1-14(2)9-12(15(3,4)21-14)13(20)10-6-5-7-11(8-10)16(17,18)19/h10-13H,5-9,20H2,1-4H3. The zero-order valence-corrected chi connectivity index (χ0v) is 13.5. The van der Waals surface area contributed by atoms with Crippen molar-refractivity contribution in [2.75, 3.05) is 0 Å². The van der Waals surface area contributed by atoms with Gasteiger partial charge in [0.1, 0.15) is 0 Å². The third-order valence-electron chi connectivity index (χ3n) is 5.33. The fourth-order valence-electron chi connectivity index (χ4n) is 4.41. The van der Waals surface area contributed by atoms with Crippen molar-refractivity contribution < 1.29 is 17.9 Å². The van der Waals surface area contributed by atoms with Crippen molar-refractivity contribution >= 4 is 0 Å². The molecule has 2 rings (SSSR count). The number of nitrogens with two attached hydrogens (primary N) is 1. The fraction of sp³-hybridized carbons (Fsp3) is 1.00. The third-order valence-corrected chi connectivity index (χ3v) is 5.33. The molecule has 1 heterocycles. The second kappa shape index (κ2) is 5.41. The number of halogens is 3. The molecule has 124 valence electrons. The molecule has 1 saturated heterocycles. The van der Waals surface area contributed by atoms with Crippen LogP contribution in [-0.2, 0) is 4.74 Å². The number of alkyl halides is 3. The van der Waals surface area contributed by atoms with Gasteiger partial charge in [-0.05, 0) is 59.3 Å². The Labute approximate surface area is 125 Å². The van der Waals surface area contributed by atoms with Crippen molar-refractivity contribution in [3.05, 3.63) is 0 Å². The first-order chi connectivity index (χ1) is 9.42. The molecule has 2 N–H and O–H groups in total. The van der Waals surface area contributed by atoms with Crippen LogP contribution in [0.15, 0.2) is 0 Å². The Morgan fingerprint density at radius 3 is 2.24 bits per heavy atom. The lowest BCUT2D eigenvalue weighted by molar-refractivity contribution is -0.187. The van der Waals surface area contributed by atoms with Crippen molar-refractivity contribution in [1.82, 2.24) is 0 Å². The summed E-state index contributed by atoms with van der Waals surface area (Å²) in [6.45, 7) is 8.08. The summed E-state index contributed by atoms with van der Waals surface area (Å²) in [4.78, 5) is 0. The Balaban J connectivity index is 2.08. The molecule has 1 aliphatic carbocycles. The van der Waals surface area contributed by atoms with E-state index in [1.807, 2.05) is 27.7 Å². The summed E-state index contributed by atoms with van der Waals surface area (Å²) in [7, 11) is 0. The van der Waals surface area contributed by atoms with E-state index in [-0.39, 0.29) is 41.9 Å². The summed E-state index contributed by atoms with van der Waals surface area (Å²) >= 11 is 0. The van der Waals surface area contributed by atoms with Crippen LogP contribution in [0.1, 0.15) is 59.8 Å². The Morgan fingerprint density at radius 1 is 1.14 bits per heavy atom. The molecule has 0 aromatic heterocycles. The molecule has 4 unspecified atom stereocenters. The van der Waals surface area contributed by atoms with Crippen molar-refractivity contribution in [3.8, 4) is 0 Å². The average Bonchev–Trinajstić information content (AvgIpc) is 2.55. The van der Waals surface area contributed by atoms with Crippen LogP contribution in [0.4, 0.5) is 13.2 Å². The van der Waals surface area contributed by atoms with Crippen molar-refractivity contribution in [2.45, 2.75) is 83.2 Å². The molecule has 1 saturated carbocycles. The SMILES string of the molecule is CC1(C)CC(C(N)C2CCCC(C(F)(F)F)C2)C(C)(C)O1. The van der Waals surface area contributed by atoms with Gasteiger partial charge in [0, 0.05) is 12.0 Å². The molecule has 0 aromatic carbocycles. The van der Waals surface area contributed by atoms with Gasteiger partial charge in [0.2, 0.25) is 0 Å². The van der Waals surface area contributed by atoms with E-state index in [2.05, 4.69) is 0 Å². The smallest absolute Gasteiger partial charge is 0.369 e. The highest BCUT2D eigenvalue weighted by Crippen LogP contribution is 2.48. The van der Waals surface area contributed by atoms with Gasteiger partial charge in [-0.15, -0.1) is 0 Å². The van der Waals surface area contributed by atoms with E-state index >= 15 is 0 Å². The quantitative estimate of drug-likeness (QED) is 0.826. The lowest BCUT2D eigenvalue weighted by Gasteiger charge is -2.39. The van der Waals surface area contributed by atoms with Crippen LogP contribution in [0.25, 0.3) is 0 Å². The summed E-state index contributed by atoms with van der Waals surface area (Å²) in [6, 6.07) is -0.216. The van der Waals surface area contributed by atoms with Crippen molar-refractivity contribution in [2.24, 2.45) is 23.5 Å². The highest BCUT2D eigenvalue weighted by molar-refractivity contribution is 5.01. The molecule has 0 amide bonds. The van der Waals surface area contributed by atoms with E-state index in [9.17, 15) is 13.2 Å². The van der Waals surface area contributed by atoms with Gasteiger partial charge < -0.3 is 10.5 Å². The number of hydrogen-bond donors (Lipinski definition) is 1. The highest BCUT2D eigenvalue weighted by atomic mass is 19.4. The molecule has 2 nitrogen and oxygen atoms in total. The number of ether oxygens (including phenoxy) is 1. The minimum absolute atomic E-state index is 0.0489. The summed E-state index contributed by atoms with van der Waals surface area (Å²) in [5, 5.41) is 0. The Kier molecular flexibility index (Phi) is 4.40. The molecule has 2 aliphatic rings. The minimum Gasteiger partial charge on any atom is -0.369 e. The van der Waals surface area contributed by atoms with Gasteiger partial charge in [-0.2, -0.15) is 13.2 Å². The van der Waals surface area contributed by atoms with Gasteiger partial charge in [0.05, 0.1) is 17.1 Å². The third kappa shape index (κ3) is 3.73. The van der Waals surface area contributed by atoms with Crippen LogP contribution in [0.3, 0.4) is 0 Å². The Bertz CT molecular complexity index is 378. The predicted molar refractivity (Wildman–Crippen MR) is 76.8 cm³/mol. The average molecular weight is 307 g/mol. The molecule has 1 aliphatic heterocycles. The maximum absolute atomic E-state index is 13.0. The number of hydrogen-bond acceptors (Lipinski definition) is 2. The van der Waals surface area contributed by atoms with Crippen LogP contribution < -0.4 is 5.73 Å².